The van der Waals surface area contributed by atoms with Crippen LogP contribution in [0.3, 0.4) is 0 Å². The van der Waals surface area contributed by atoms with Crippen LogP contribution in [0.1, 0.15) is 41.7 Å². The molecule has 10 aromatic carbocycles. The average molecular weight is 857 g/mol. The van der Waals surface area contributed by atoms with Gasteiger partial charge in [0.15, 0.2) is 0 Å². The number of hydrogen-bond acceptors (Lipinski definition) is 0. The normalized spacial score (nSPS) is 12.9. The van der Waals surface area contributed by atoms with E-state index in [0.717, 1.165) is 23.4 Å². The molecule has 0 unspecified atom stereocenters. The fourth-order valence-electron chi connectivity index (χ4n) is 11.6. The lowest BCUT2D eigenvalue weighted by Crippen LogP contribution is -2.28. The SMILES string of the molecule is CC(C)Cc1ccc(C2(c3cccc(-c4ccc(-c5cc(-n6c7ccccc7c7ccccc76)cc(-n6c7ccccc7c7ccccc76)c5)cc4)c3)c3ccccc3-c3ccccc32)cc1. The predicted octanol–water partition coefficient (Wildman–Crippen LogP) is 16.8. The van der Waals surface area contributed by atoms with Crippen LogP contribution in [0, 0.1) is 5.92 Å². The number of nitrogens with zero attached hydrogens (tertiary/aromatic N) is 2. The van der Waals surface area contributed by atoms with Crippen LogP contribution in [0.25, 0.3) is 88.4 Å². The molecule has 13 rings (SSSR count). The predicted molar refractivity (Wildman–Crippen MR) is 282 cm³/mol. The molecule has 0 amide bonds. The standard InChI is InChI=1S/C65H48N2/c1-43(2)38-44-30-36-49(37-31-44)65(59-24-9-3-18-53(59)54-19-4-10-25-60(54)65)50-17-15-16-47(39-50)45-32-34-46(35-33-45)48-40-51(66-61-26-11-5-20-55(61)56-21-6-12-27-62(56)66)42-52(41-48)67-63-28-13-7-22-57(63)58-23-8-14-29-64(58)67/h3-37,39-43H,38H2,1-2H3. The third-order valence-electron chi connectivity index (χ3n) is 14.4. The monoisotopic (exact) mass is 856 g/mol. The van der Waals surface area contributed by atoms with Crippen molar-refractivity contribution < 1.29 is 0 Å². The number of fused-ring (bicyclic) bond motifs is 9. The van der Waals surface area contributed by atoms with E-state index >= 15 is 0 Å². The molecule has 0 atom stereocenters. The minimum atomic E-state index is -0.462. The van der Waals surface area contributed by atoms with Crippen LogP contribution in [0.5, 0.6) is 0 Å². The minimum absolute atomic E-state index is 0.462. The second kappa shape index (κ2) is 15.5. The summed E-state index contributed by atoms with van der Waals surface area (Å²) in [5, 5.41) is 5.01. The van der Waals surface area contributed by atoms with Gasteiger partial charge >= 0.3 is 0 Å². The quantitative estimate of drug-likeness (QED) is 0.144. The Balaban J connectivity index is 0.971. The summed E-state index contributed by atoms with van der Waals surface area (Å²) in [5.74, 6) is 0.599. The van der Waals surface area contributed by atoms with E-state index in [4.69, 9.17) is 0 Å². The van der Waals surface area contributed by atoms with Gasteiger partial charge in [-0.25, -0.2) is 0 Å². The van der Waals surface area contributed by atoms with Gasteiger partial charge in [0.25, 0.3) is 0 Å². The van der Waals surface area contributed by atoms with Crippen molar-refractivity contribution in [2.45, 2.75) is 25.7 Å². The molecule has 12 aromatic rings. The zero-order chi connectivity index (χ0) is 44.6. The van der Waals surface area contributed by atoms with Crippen LogP contribution in [-0.4, -0.2) is 9.13 Å². The van der Waals surface area contributed by atoms with E-state index in [1.165, 1.54) is 99.2 Å². The molecule has 0 N–H and O–H groups in total. The maximum Gasteiger partial charge on any atom is 0.0713 e. The smallest absolute Gasteiger partial charge is 0.0713 e. The Labute approximate surface area is 391 Å². The Kier molecular flexibility index (Phi) is 9.05. The first kappa shape index (κ1) is 39.2. The van der Waals surface area contributed by atoms with Crippen molar-refractivity contribution in [1.82, 2.24) is 9.13 Å². The molecule has 67 heavy (non-hydrogen) atoms. The molecule has 0 aliphatic heterocycles. The topological polar surface area (TPSA) is 9.86 Å². The highest BCUT2D eigenvalue weighted by molar-refractivity contribution is 6.10. The molecule has 0 spiro atoms. The summed E-state index contributed by atoms with van der Waals surface area (Å²) in [6.07, 6.45) is 1.07. The molecule has 2 heteroatoms. The molecule has 2 heterocycles. The third-order valence-corrected chi connectivity index (χ3v) is 14.4. The van der Waals surface area contributed by atoms with E-state index in [0.29, 0.717) is 5.92 Å². The average Bonchev–Trinajstić information content (AvgIpc) is 4.01. The van der Waals surface area contributed by atoms with Gasteiger partial charge in [0.1, 0.15) is 0 Å². The van der Waals surface area contributed by atoms with Gasteiger partial charge in [-0.15, -0.1) is 0 Å². The fraction of sp³-hybridized carbons (Fsp3) is 0.0769. The van der Waals surface area contributed by atoms with Crippen LogP contribution in [0.15, 0.2) is 237 Å². The van der Waals surface area contributed by atoms with Gasteiger partial charge in [-0.1, -0.05) is 202 Å². The molecule has 1 aliphatic rings. The van der Waals surface area contributed by atoms with E-state index in [2.05, 4.69) is 260 Å². The lowest BCUT2D eigenvalue weighted by Gasteiger charge is -2.34. The Hall–Kier alpha value is -8.20. The van der Waals surface area contributed by atoms with Gasteiger partial charge in [0, 0.05) is 32.9 Å². The van der Waals surface area contributed by atoms with Crippen molar-refractivity contribution in [2.24, 2.45) is 5.92 Å². The van der Waals surface area contributed by atoms with Gasteiger partial charge in [-0.2, -0.15) is 0 Å². The molecule has 0 fully saturated rings. The van der Waals surface area contributed by atoms with Gasteiger partial charge in [0.2, 0.25) is 0 Å². The fourth-order valence-corrected chi connectivity index (χ4v) is 11.6. The van der Waals surface area contributed by atoms with E-state index in [1.807, 2.05) is 0 Å². The van der Waals surface area contributed by atoms with Crippen LogP contribution in [-0.2, 0) is 11.8 Å². The summed E-state index contributed by atoms with van der Waals surface area (Å²) in [6.45, 7) is 4.59. The van der Waals surface area contributed by atoms with Crippen molar-refractivity contribution in [3.8, 4) is 44.8 Å². The molecule has 0 radical (unpaired) electrons. The minimum Gasteiger partial charge on any atom is -0.309 e. The molecular formula is C65H48N2. The molecular weight excluding hydrogens is 809 g/mol. The van der Waals surface area contributed by atoms with Crippen molar-refractivity contribution in [1.29, 1.82) is 0 Å². The Morgan fingerprint density at radius 2 is 0.776 bits per heavy atom. The van der Waals surface area contributed by atoms with Gasteiger partial charge < -0.3 is 9.13 Å². The van der Waals surface area contributed by atoms with Crippen molar-refractivity contribution in [3.05, 3.63) is 264 Å². The second-order valence-electron chi connectivity index (χ2n) is 18.8. The van der Waals surface area contributed by atoms with E-state index in [1.54, 1.807) is 0 Å². The van der Waals surface area contributed by atoms with Crippen LogP contribution < -0.4 is 0 Å². The lowest BCUT2D eigenvalue weighted by atomic mass is 9.67. The van der Waals surface area contributed by atoms with Crippen LogP contribution in [0.2, 0.25) is 0 Å². The number of rotatable bonds is 8. The molecule has 2 nitrogen and oxygen atoms in total. The number of benzene rings is 10. The summed E-state index contributed by atoms with van der Waals surface area (Å²) in [4.78, 5) is 0. The third kappa shape index (κ3) is 6.10. The first-order chi connectivity index (χ1) is 33.0. The zero-order valence-corrected chi connectivity index (χ0v) is 37.7. The molecule has 2 aromatic heterocycles. The van der Waals surface area contributed by atoms with Gasteiger partial charge in [-0.3, -0.25) is 0 Å². The molecule has 1 aliphatic carbocycles. The highest BCUT2D eigenvalue weighted by atomic mass is 15.0. The second-order valence-corrected chi connectivity index (χ2v) is 18.8. The first-order valence-corrected chi connectivity index (χ1v) is 23.7. The van der Waals surface area contributed by atoms with Crippen molar-refractivity contribution in [3.63, 3.8) is 0 Å². The maximum absolute atomic E-state index is 2.44. The summed E-state index contributed by atoms with van der Waals surface area (Å²) in [5.41, 5.74) is 20.5. The van der Waals surface area contributed by atoms with Crippen LogP contribution in [0.4, 0.5) is 0 Å². The highest BCUT2D eigenvalue weighted by Gasteiger charge is 2.46. The first-order valence-electron chi connectivity index (χ1n) is 23.7. The highest BCUT2D eigenvalue weighted by Crippen LogP contribution is 2.56. The van der Waals surface area contributed by atoms with E-state index < -0.39 is 5.41 Å². The summed E-state index contributed by atoms with van der Waals surface area (Å²) in [7, 11) is 0. The zero-order valence-electron chi connectivity index (χ0n) is 37.7. The Bertz CT molecular complexity index is 3580. The number of para-hydroxylation sites is 4. The largest absolute Gasteiger partial charge is 0.309 e. The van der Waals surface area contributed by atoms with E-state index in [-0.39, 0.29) is 0 Å². The van der Waals surface area contributed by atoms with Crippen molar-refractivity contribution >= 4 is 43.6 Å². The summed E-state index contributed by atoms with van der Waals surface area (Å²) in [6, 6.07) is 88.4. The molecule has 0 saturated carbocycles. The Morgan fingerprint density at radius 3 is 1.25 bits per heavy atom. The number of hydrogen-bond donors (Lipinski definition) is 0. The maximum atomic E-state index is 2.44. The molecule has 0 saturated heterocycles. The number of aromatic nitrogens is 2. The summed E-state index contributed by atoms with van der Waals surface area (Å²) >= 11 is 0. The van der Waals surface area contributed by atoms with Gasteiger partial charge in [-0.05, 0) is 122 Å². The summed E-state index contributed by atoms with van der Waals surface area (Å²) < 4.78 is 4.89. The lowest BCUT2D eigenvalue weighted by molar-refractivity contribution is 0.646. The van der Waals surface area contributed by atoms with Crippen molar-refractivity contribution in [2.75, 3.05) is 0 Å². The Morgan fingerprint density at radius 1 is 0.343 bits per heavy atom. The van der Waals surface area contributed by atoms with Crippen LogP contribution >= 0.6 is 0 Å². The van der Waals surface area contributed by atoms with Gasteiger partial charge in [0.05, 0.1) is 27.5 Å². The van der Waals surface area contributed by atoms with E-state index in [9.17, 15) is 0 Å². The molecule has 318 valence electrons. The molecule has 0 bridgehead atoms.